The van der Waals surface area contributed by atoms with Gasteiger partial charge in [-0.25, -0.2) is 0 Å². The Bertz CT molecular complexity index is 545. The van der Waals surface area contributed by atoms with E-state index in [-0.39, 0.29) is 29.2 Å². The van der Waals surface area contributed by atoms with Gasteiger partial charge in [0.25, 0.3) is 5.69 Å². The van der Waals surface area contributed by atoms with Crippen LogP contribution in [-0.4, -0.2) is 16.9 Å². The molecule has 0 aromatic heterocycles. The molecule has 21 heavy (non-hydrogen) atoms. The first kappa shape index (κ1) is 15.4. The molecule has 6 heteroatoms. The van der Waals surface area contributed by atoms with Gasteiger partial charge >= 0.3 is 0 Å². The summed E-state index contributed by atoms with van der Waals surface area (Å²) < 4.78 is 0. The maximum absolute atomic E-state index is 12.4. The van der Waals surface area contributed by atoms with E-state index in [9.17, 15) is 14.9 Å². The fourth-order valence-corrected chi connectivity index (χ4v) is 2.79. The Morgan fingerprint density at radius 2 is 2.05 bits per heavy atom. The summed E-state index contributed by atoms with van der Waals surface area (Å²) in [5.41, 5.74) is 7.01. The van der Waals surface area contributed by atoms with Crippen molar-refractivity contribution in [3.8, 4) is 0 Å². The molecule has 2 unspecified atom stereocenters. The van der Waals surface area contributed by atoms with Crippen LogP contribution in [0.2, 0.25) is 0 Å². The predicted molar refractivity (Wildman–Crippen MR) is 81.0 cm³/mol. The Kier molecular flexibility index (Phi) is 4.90. The summed E-state index contributed by atoms with van der Waals surface area (Å²) in [6.45, 7) is 1.78. The van der Waals surface area contributed by atoms with Crippen molar-refractivity contribution in [3.63, 3.8) is 0 Å². The number of nitro groups is 1. The Balaban J connectivity index is 2.17. The lowest BCUT2D eigenvalue weighted by Gasteiger charge is -2.20. The van der Waals surface area contributed by atoms with E-state index in [1.807, 2.05) is 0 Å². The van der Waals surface area contributed by atoms with E-state index >= 15 is 0 Å². The fraction of sp³-hybridized carbons (Fsp3) is 0.533. The molecule has 0 heterocycles. The molecule has 6 nitrogen and oxygen atoms in total. The summed E-state index contributed by atoms with van der Waals surface area (Å²) in [5, 5.41) is 13.8. The van der Waals surface area contributed by atoms with Crippen LogP contribution >= 0.6 is 0 Å². The number of amides is 1. The minimum atomic E-state index is -0.477. The van der Waals surface area contributed by atoms with Gasteiger partial charge in [0.05, 0.1) is 10.8 Å². The van der Waals surface area contributed by atoms with E-state index in [0.717, 1.165) is 37.7 Å². The van der Waals surface area contributed by atoms with Crippen molar-refractivity contribution in [2.75, 3.05) is 5.32 Å². The van der Waals surface area contributed by atoms with E-state index in [0.29, 0.717) is 0 Å². The molecular formula is C15H21N3O3. The number of nitrogens with one attached hydrogen (secondary N) is 1. The zero-order valence-corrected chi connectivity index (χ0v) is 12.2. The van der Waals surface area contributed by atoms with Crippen molar-refractivity contribution in [1.29, 1.82) is 0 Å². The highest BCUT2D eigenvalue weighted by molar-refractivity contribution is 5.95. The second-order valence-corrected chi connectivity index (χ2v) is 5.68. The van der Waals surface area contributed by atoms with Crippen molar-refractivity contribution in [3.05, 3.63) is 33.9 Å². The Morgan fingerprint density at radius 1 is 1.33 bits per heavy atom. The standard InChI is InChI=1S/C15H21N3O3/c1-10-7-8-13(14(9-10)18(20)21)17-15(19)11-5-3-2-4-6-12(11)16/h7-9,11-12H,2-6,16H2,1H3,(H,17,19). The van der Waals surface area contributed by atoms with Gasteiger partial charge < -0.3 is 11.1 Å². The van der Waals surface area contributed by atoms with Crippen LogP contribution < -0.4 is 11.1 Å². The zero-order valence-electron chi connectivity index (χ0n) is 12.2. The molecule has 0 saturated heterocycles. The number of nitrogens with zero attached hydrogens (tertiary/aromatic N) is 1. The number of rotatable bonds is 3. The first-order chi connectivity index (χ1) is 9.99. The molecule has 1 saturated carbocycles. The number of carbonyl (C=O) groups is 1. The molecule has 1 amide bonds. The Hall–Kier alpha value is -1.95. The van der Waals surface area contributed by atoms with Crippen LogP contribution in [0.25, 0.3) is 0 Å². The van der Waals surface area contributed by atoms with Crippen molar-refractivity contribution < 1.29 is 9.72 Å². The van der Waals surface area contributed by atoms with Crippen LogP contribution in [0, 0.1) is 23.0 Å². The van der Waals surface area contributed by atoms with Gasteiger partial charge in [-0.05, 0) is 31.4 Å². The van der Waals surface area contributed by atoms with E-state index in [1.165, 1.54) is 6.07 Å². The maximum atomic E-state index is 12.4. The fourth-order valence-electron chi connectivity index (χ4n) is 2.79. The molecule has 1 aliphatic carbocycles. The second kappa shape index (κ2) is 6.67. The molecule has 114 valence electrons. The molecule has 0 spiro atoms. The number of benzene rings is 1. The van der Waals surface area contributed by atoms with Gasteiger partial charge in [0.1, 0.15) is 5.69 Å². The van der Waals surface area contributed by atoms with Gasteiger partial charge in [-0.2, -0.15) is 0 Å². The molecule has 0 aliphatic heterocycles. The minimum absolute atomic E-state index is 0.0782. The lowest BCUT2D eigenvalue weighted by molar-refractivity contribution is -0.384. The molecule has 1 aromatic carbocycles. The number of aryl methyl sites for hydroxylation is 1. The SMILES string of the molecule is Cc1ccc(NC(=O)C2CCCCCC2N)c([N+](=O)[O-])c1. The summed E-state index contributed by atoms with van der Waals surface area (Å²) in [4.78, 5) is 23.0. The third kappa shape index (κ3) is 3.78. The topological polar surface area (TPSA) is 98.3 Å². The predicted octanol–water partition coefficient (Wildman–Crippen LogP) is 2.75. The lowest BCUT2D eigenvalue weighted by atomic mass is 9.94. The van der Waals surface area contributed by atoms with Gasteiger partial charge in [0.15, 0.2) is 0 Å². The Morgan fingerprint density at radius 3 is 2.76 bits per heavy atom. The molecule has 3 N–H and O–H groups in total. The highest BCUT2D eigenvalue weighted by Gasteiger charge is 2.28. The maximum Gasteiger partial charge on any atom is 0.293 e. The van der Waals surface area contributed by atoms with Gasteiger partial charge in [-0.1, -0.05) is 25.3 Å². The quantitative estimate of drug-likeness (QED) is 0.508. The largest absolute Gasteiger partial charge is 0.327 e. The van der Waals surface area contributed by atoms with E-state index in [2.05, 4.69) is 5.32 Å². The summed E-state index contributed by atoms with van der Waals surface area (Å²) in [5.74, 6) is -0.482. The molecule has 1 aliphatic rings. The highest BCUT2D eigenvalue weighted by Crippen LogP contribution is 2.28. The summed E-state index contributed by atoms with van der Waals surface area (Å²) in [6, 6.07) is 4.61. The first-order valence-corrected chi connectivity index (χ1v) is 7.30. The number of nitro benzene ring substituents is 1. The van der Waals surface area contributed by atoms with Gasteiger partial charge in [-0.15, -0.1) is 0 Å². The molecular weight excluding hydrogens is 270 g/mol. The van der Waals surface area contributed by atoms with Crippen molar-refractivity contribution in [2.45, 2.75) is 45.1 Å². The zero-order chi connectivity index (χ0) is 15.4. The summed E-state index contributed by atoms with van der Waals surface area (Å²) >= 11 is 0. The second-order valence-electron chi connectivity index (χ2n) is 5.68. The molecule has 1 aromatic rings. The van der Waals surface area contributed by atoms with Crippen LogP contribution in [0.4, 0.5) is 11.4 Å². The van der Waals surface area contributed by atoms with Crippen molar-refractivity contribution in [1.82, 2.24) is 0 Å². The van der Waals surface area contributed by atoms with E-state index in [4.69, 9.17) is 5.73 Å². The molecule has 0 radical (unpaired) electrons. The van der Waals surface area contributed by atoms with Gasteiger partial charge in [-0.3, -0.25) is 14.9 Å². The van der Waals surface area contributed by atoms with Gasteiger partial charge in [0, 0.05) is 12.1 Å². The van der Waals surface area contributed by atoms with Crippen LogP contribution in [-0.2, 0) is 4.79 Å². The normalized spacial score (nSPS) is 22.4. The summed E-state index contributed by atoms with van der Waals surface area (Å²) in [6.07, 6.45) is 4.67. The molecule has 1 fully saturated rings. The Labute approximate surface area is 123 Å². The third-order valence-corrected chi connectivity index (χ3v) is 4.01. The number of hydrogen-bond donors (Lipinski definition) is 2. The van der Waals surface area contributed by atoms with Crippen LogP contribution in [0.5, 0.6) is 0 Å². The highest BCUT2D eigenvalue weighted by atomic mass is 16.6. The number of nitrogens with two attached hydrogens (primary N) is 1. The van der Waals surface area contributed by atoms with Crippen LogP contribution in [0.3, 0.4) is 0 Å². The first-order valence-electron chi connectivity index (χ1n) is 7.30. The van der Waals surface area contributed by atoms with E-state index < -0.39 is 4.92 Å². The minimum Gasteiger partial charge on any atom is -0.327 e. The average molecular weight is 291 g/mol. The van der Waals surface area contributed by atoms with Crippen molar-refractivity contribution >= 4 is 17.3 Å². The van der Waals surface area contributed by atoms with Crippen LogP contribution in [0.15, 0.2) is 18.2 Å². The third-order valence-electron chi connectivity index (χ3n) is 4.01. The lowest BCUT2D eigenvalue weighted by Crippen LogP contribution is -2.37. The van der Waals surface area contributed by atoms with Crippen molar-refractivity contribution in [2.24, 2.45) is 11.7 Å². The molecule has 2 atom stereocenters. The number of hydrogen-bond acceptors (Lipinski definition) is 4. The molecule has 0 bridgehead atoms. The monoisotopic (exact) mass is 291 g/mol. The van der Waals surface area contributed by atoms with E-state index in [1.54, 1.807) is 19.1 Å². The summed E-state index contributed by atoms with van der Waals surface area (Å²) in [7, 11) is 0. The molecule has 2 rings (SSSR count). The average Bonchev–Trinajstić information content (AvgIpc) is 2.65. The number of anilines is 1. The van der Waals surface area contributed by atoms with Crippen LogP contribution in [0.1, 0.15) is 37.7 Å². The number of carbonyl (C=O) groups excluding carboxylic acids is 1. The smallest absolute Gasteiger partial charge is 0.293 e. The van der Waals surface area contributed by atoms with Gasteiger partial charge in [0.2, 0.25) is 5.91 Å².